The standard InChI is InChI=1S/C16H12ClN3O2/c1-22-16-14(18-12-8-4-5-9-13(12)20-16)15(21)19-11-7-3-2-6-10(11)17/h2-9H,1H3,(H,19,21). The van der Waals surface area contributed by atoms with Crippen molar-refractivity contribution in [2.45, 2.75) is 0 Å². The van der Waals surface area contributed by atoms with Gasteiger partial charge in [0.2, 0.25) is 5.88 Å². The van der Waals surface area contributed by atoms with Gasteiger partial charge in [-0.25, -0.2) is 9.97 Å². The molecule has 0 spiro atoms. The monoisotopic (exact) mass is 313 g/mol. The number of hydrogen-bond donors (Lipinski definition) is 1. The van der Waals surface area contributed by atoms with Gasteiger partial charge in [0.25, 0.3) is 5.91 Å². The minimum atomic E-state index is -0.428. The number of benzene rings is 2. The van der Waals surface area contributed by atoms with Crippen LogP contribution in [0.15, 0.2) is 48.5 Å². The second kappa shape index (κ2) is 5.99. The molecule has 0 aliphatic heterocycles. The lowest BCUT2D eigenvalue weighted by Gasteiger charge is -2.10. The zero-order chi connectivity index (χ0) is 15.5. The average molecular weight is 314 g/mol. The maximum atomic E-state index is 12.4. The van der Waals surface area contributed by atoms with E-state index in [1.807, 2.05) is 12.1 Å². The molecular formula is C16H12ClN3O2. The van der Waals surface area contributed by atoms with Crippen molar-refractivity contribution in [3.8, 4) is 5.88 Å². The largest absolute Gasteiger partial charge is 0.479 e. The topological polar surface area (TPSA) is 64.1 Å². The molecule has 0 aliphatic carbocycles. The third-order valence-corrected chi connectivity index (χ3v) is 3.40. The van der Waals surface area contributed by atoms with Crippen molar-refractivity contribution in [1.29, 1.82) is 0 Å². The molecule has 22 heavy (non-hydrogen) atoms. The maximum Gasteiger partial charge on any atom is 0.279 e. The minimum Gasteiger partial charge on any atom is -0.479 e. The van der Waals surface area contributed by atoms with Gasteiger partial charge in [0.15, 0.2) is 5.69 Å². The van der Waals surface area contributed by atoms with Crippen LogP contribution in [-0.2, 0) is 0 Å². The van der Waals surface area contributed by atoms with Gasteiger partial charge in [0.05, 0.1) is 28.9 Å². The molecule has 6 heteroatoms. The van der Waals surface area contributed by atoms with Crippen molar-refractivity contribution in [1.82, 2.24) is 9.97 Å². The van der Waals surface area contributed by atoms with Gasteiger partial charge in [0.1, 0.15) is 0 Å². The highest BCUT2D eigenvalue weighted by molar-refractivity contribution is 6.33. The highest BCUT2D eigenvalue weighted by Crippen LogP contribution is 2.23. The predicted octanol–water partition coefficient (Wildman–Crippen LogP) is 3.54. The van der Waals surface area contributed by atoms with E-state index in [9.17, 15) is 4.79 Å². The predicted molar refractivity (Wildman–Crippen MR) is 85.5 cm³/mol. The summed E-state index contributed by atoms with van der Waals surface area (Å²) < 4.78 is 5.18. The lowest BCUT2D eigenvalue weighted by Crippen LogP contribution is -2.16. The number of methoxy groups -OCH3 is 1. The van der Waals surface area contributed by atoms with Crippen LogP contribution < -0.4 is 10.1 Å². The van der Waals surface area contributed by atoms with Crippen molar-refractivity contribution >= 4 is 34.2 Å². The third-order valence-electron chi connectivity index (χ3n) is 3.07. The number of ether oxygens (including phenoxy) is 1. The van der Waals surface area contributed by atoms with Gasteiger partial charge < -0.3 is 10.1 Å². The summed E-state index contributed by atoms with van der Waals surface area (Å²) in [5.41, 5.74) is 1.90. The zero-order valence-corrected chi connectivity index (χ0v) is 12.5. The van der Waals surface area contributed by atoms with E-state index >= 15 is 0 Å². The Morgan fingerprint density at radius 3 is 2.36 bits per heavy atom. The number of carbonyl (C=O) groups is 1. The summed E-state index contributed by atoms with van der Waals surface area (Å²) >= 11 is 6.04. The van der Waals surface area contributed by atoms with Crippen LogP contribution in [0.5, 0.6) is 5.88 Å². The lowest BCUT2D eigenvalue weighted by molar-refractivity contribution is 0.101. The fourth-order valence-corrected chi connectivity index (χ4v) is 2.20. The molecule has 0 bridgehead atoms. The number of para-hydroxylation sites is 3. The van der Waals surface area contributed by atoms with Crippen LogP contribution in [0.1, 0.15) is 10.5 Å². The maximum absolute atomic E-state index is 12.4. The number of rotatable bonds is 3. The molecule has 1 heterocycles. The number of amides is 1. The Morgan fingerprint density at radius 2 is 1.68 bits per heavy atom. The number of aromatic nitrogens is 2. The fraction of sp³-hybridized carbons (Fsp3) is 0.0625. The molecule has 0 aliphatic rings. The van der Waals surface area contributed by atoms with E-state index in [2.05, 4.69) is 15.3 Å². The molecule has 0 atom stereocenters. The van der Waals surface area contributed by atoms with E-state index in [1.165, 1.54) is 7.11 Å². The van der Waals surface area contributed by atoms with Crippen LogP contribution in [0.25, 0.3) is 11.0 Å². The van der Waals surface area contributed by atoms with Crippen molar-refractivity contribution in [3.05, 3.63) is 59.2 Å². The molecule has 3 rings (SSSR count). The third kappa shape index (κ3) is 2.71. The summed E-state index contributed by atoms with van der Waals surface area (Å²) in [6.07, 6.45) is 0. The van der Waals surface area contributed by atoms with E-state index in [0.29, 0.717) is 21.7 Å². The van der Waals surface area contributed by atoms with Crippen LogP contribution in [0, 0.1) is 0 Å². The average Bonchev–Trinajstić information content (AvgIpc) is 2.55. The number of anilines is 1. The second-order valence-corrected chi connectivity index (χ2v) is 4.91. The SMILES string of the molecule is COc1nc2ccccc2nc1C(=O)Nc1ccccc1Cl. The Labute approximate surface area is 131 Å². The smallest absolute Gasteiger partial charge is 0.279 e. The minimum absolute atomic E-state index is 0.112. The molecule has 1 N–H and O–H groups in total. The summed E-state index contributed by atoms with van der Waals surface area (Å²) in [6, 6.07) is 14.2. The van der Waals surface area contributed by atoms with E-state index in [-0.39, 0.29) is 11.6 Å². The van der Waals surface area contributed by atoms with Crippen molar-refractivity contribution in [3.63, 3.8) is 0 Å². The molecule has 2 aromatic carbocycles. The Hall–Kier alpha value is -2.66. The summed E-state index contributed by atoms with van der Waals surface area (Å²) in [4.78, 5) is 21.1. The van der Waals surface area contributed by atoms with Crippen LogP contribution >= 0.6 is 11.6 Å². The van der Waals surface area contributed by atoms with Crippen LogP contribution in [-0.4, -0.2) is 23.0 Å². The molecule has 5 nitrogen and oxygen atoms in total. The number of carbonyl (C=O) groups excluding carboxylic acids is 1. The molecule has 0 radical (unpaired) electrons. The number of nitrogens with one attached hydrogen (secondary N) is 1. The molecule has 3 aromatic rings. The van der Waals surface area contributed by atoms with Gasteiger partial charge in [-0.15, -0.1) is 0 Å². The van der Waals surface area contributed by atoms with Gasteiger partial charge in [-0.3, -0.25) is 4.79 Å². The highest BCUT2D eigenvalue weighted by Gasteiger charge is 2.18. The first kappa shape index (κ1) is 14.3. The molecule has 0 saturated heterocycles. The van der Waals surface area contributed by atoms with E-state index in [1.54, 1.807) is 36.4 Å². The fourth-order valence-electron chi connectivity index (χ4n) is 2.02. The Morgan fingerprint density at radius 1 is 1.05 bits per heavy atom. The highest BCUT2D eigenvalue weighted by atomic mass is 35.5. The normalized spacial score (nSPS) is 10.5. The van der Waals surface area contributed by atoms with Gasteiger partial charge in [-0.1, -0.05) is 35.9 Å². The van der Waals surface area contributed by atoms with Crippen LogP contribution in [0.2, 0.25) is 5.02 Å². The van der Waals surface area contributed by atoms with Crippen molar-refractivity contribution in [2.75, 3.05) is 12.4 Å². The molecule has 1 aromatic heterocycles. The van der Waals surface area contributed by atoms with Crippen LogP contribution in [0.4, 0.5) is 5.69 Å². The first-order valence-corrected chi connectivity index (χ1v) is 6.93. The summed E-state index contributed by atoms with van der Waals surface area (Å²) in [5.74, 6) is -0.258. The Bertz CT molecular complexity index is 852. The zero-order valence-electron chi connectivity index (χ0n) is 11.7. The van der Waals surface area contributed by atoms with E-state index < -0.39 is 5.91 Å². The lowest BCUT2D eigenvalue weighted by atomic mass is 10.2. The molecule has 0 fully saturated rings. The van der Waals surface area contributed by atoms with Crippen molar-refractivity contribution < 1.29 is 9.53 Å². The number of nitrogens with zero attached hydrogens (tertiary/aromatic N) is 2. The quantitative estimate of drug-likeness (QED) is 0.803. The van der Waals surface area contributed by atoms with Gasteiger partial charge in [0, 0.05) is 0 Å². The van der Waals surface area contributed by atoms with Gasteiger partial charge in [-0.2, -0.15) is 0 Å². The Balaban J connectivity index is 2.01. The molecule has 1 amide bonds. The summed E-state index contributed by atoms with van der Waals surface area (Å²) in [6.45, 7) is 0. The number of fused-ring (bicyclic) bond motifs is 1. The second-order valence-electron chi connectivity index (χ2n) is 4.50. The van der Waals surface area contributed by atoms with Gasteiger partial charge in [-0.05, 0) is 24.3 Å². The Kier molecular flexibility index (Phi) is 3.89. The van der Waals surface area contributed by atoms with E-state index in [4.69, 9.17) is 16.3 Å². The van der Waals surface area contributed by atoms with Crippen LogP contribution in [0.3, 0.4) is 0 Å². The first-order chi connectivity index (χ1) is 10.7. The number of halogens is 1. The summed E-state index contributed by atoms with van der Waals surface area (Å²) in [5, 5.41) is 3.16. The molecule has 0 saturated carbocycles. The van der Waals surface area contributed by atoms with Gasteiger partial charge >= 0.3 is 0 Å². The van der Waals surface area contributed by atoms with Crippen molar-refractivity contribution in [2.24, 2.45) is 0 Å². The molecule has 110 valence electrons. The number of hydrogen-bond acceptors (Lipinski definition) is 4. The van der Waals surface area contributed by atoms with E-state index in [0.717, 1.165) is 0 Å². The summed E-state index contributed by atoms with van der Waals surface area (Å²) in [7, 11) is 1.45. The first-order valence-electron chi connectivity index (χ1n) is 6.55. The molecular weight excluding hydrogens is 302 g/mol. The molecule has 0 unspecified atom stereocenters.